The average Bonchev–Trinajstić information content (AvgIpc) is 3.39. The lowest BCUT2D eigenvalue weighted by atomic mass is 9.84. The van der Waals surface area contributed by atoms with Gasteiger partial charge in [-0.15, -0.1) is 15.3 Å². The van der Waals surface area contributed by atoms with Gasteiger partial charge in [-0.1, -0.05) is 0 Å². The van der Waals surface area contributed by atoms with E-state index in [1.807, 2.05) is 12.1 Å². The van der Waals surface area contributed by atoms with Gasteiger partial charge in [-0.05, 0) is 37.3 Å². The minimum atomic E-state index is -5.08. The number of carbonyl (C=O) groups is 1. The quantitative estimate of drug-likeness (QED) is 0.787. The first-order chi connectivity index (χ1) is 14.2. The number of rotatable bonds is 4. The molecular formula is C18H22F3N5O4. The summed E-state index contributed by atoms with van der Waals surface area (Å²) in [6, 6.07) is 3.95. The van der Waals surface area contributed by atoms with Crippen LogP contribution in [-0.4, -0.2) is 75.1 Å². The standard InChI is InChI=1S/C16H21N5O2.C2HF3O2/c1-2-12(1)8-22-13-5-6-23-16(7-13)9-20(10-16)15-4-3-14-18-17-11-21(14)19-15;3-2(4,5)1(6)7/h3-4,11-13H,1-2,5-10H2;(H,6,7). The molecule has 3 fully saturated rings. The van der Waals surface area contributed by atoms with Crippen LogP contribution in [0, 0.1) is 5.92 Å². The Hall–Kier alpha value is -2.47. The van der Waals surface area contributed by atoms with Crippen molar-refractivity contribution in [3.8, 4) is 0 Å². The molecule has 12 heteroatoms. The fraction of sp³-hybridized carbons (Fsp3) is 0.667. The van der Waals surface area contributed by atoms with E-state index in [0.29, 0.717) is 6.10 Å². The van der Waals surface area contributed by atoms with Gasteiger partial charge >= 0.3 is 12.1 Å². The number of ether oxygens (including phenoxy) is 2. The maximum atomic E-state index is 10.6. The number of hydrogen-bond acceptors (Lipinski definition) is 7. The zero-order chi connectivity index (χ0) is 21.4. The second-order valence-electron chi connectivity index (χ2n) is 7.91. The Labute approximate surface area is 169 Å². The van der Waals surface area contributed by atoms with Crippen LogP contribution in [0.4, 0.5) is 19.0 Å². The van der Waals surface area contributed by atoms with Crippen LogP contribution in [-0.2, 0) is 14.3 Å². The van der Waals surface area contributed by atoms with Crippen LogP contribution in [0.1, 0.15) is 25.7 Å². The maximum Gasteiger partial charge on any atom is 0.490 e. The van der Waals surface area contributed by atoms with Crippen molar-refractivity contribution in [1.82, 2.24) is 19.8 Å². The fourth-order valence-electron chi connectivity index (χ4n) is 3.60. The van der Waals surface area contributed by atoms with Gasteiger partial charge in [0.15, 0.2) is 5.65 Å². The first-order valence-electron chi connectivity index (χ1n) is 9.72. The normalized spacial score (nSPS) is 23.0. The van der Waals surface area contributed by atoms with Gasteiger partial charge < -0.3 is 19.5 Å². The van der Waals surface area contributed by atoms with Crippen LogP contribution in [0.3, 0.4) is 0 Å². The molecule has 3 aliphatic rings. The zero-order valence-electron chi connectivity index (χ0n) is 16.1. The Morgan fingerprint density at radius 3 is 2.70 bits per heavy atom. The van der Waals surface area contributed by atoms with Crippen molar-refractivity contribution < 1.29 is 32.5 Å². The summed E-state index contributed by atoms with van der Waals surface area (Å²) in [6.07, 6.45) is 1.64. The number of anilines is 1. The summed E-state index contributed by atoms with van der Waals surface area (Å²) >= 11 is 0. The van der Waals surface area contributed by atoms with Gasteiger partial charge in [0.2, 0.25) is 0 Å². The number of aliphatic carboxylic acids is 1. The van der Waals surface area contributed by atoms with Crippen molar-refractivity contribution in [3.63, 3.8) is 0 Å². The third kappa shape index (κ3) is 4.81. The molecule has 0 amide bonds. The van der Waals surface area contributed by atoms with Gasteiger partial charge in [0.25, 0.3) is 0 Å². The van der Waals surface area contributed by atoms with E-state index in [1.165, 1.54) is 12.8 Å². The SMILES string of the molecule is O=C(O)C(F)(F)F.c1cc2nncn2nc1N1CC2(CC(OCC3CC3)CCO2)C1. The number of fused-ring (bicyclic) bond motifs is 1. The number of halogens is 3. The number of carboxylic acids is 1. The third-order valence-corrected chi connectivity index (χ3v) is 5.38. The number of carboxylic acid groups (broad SMARTS) is 1. The van der Waals surface area contributed by atoms with E-state index in [1.54, 1.807) is 10.8 Å². The monoisotopic (exact) mass is 429 g/mol. The Bertz CT molecular complexity index is 895. The molecule has 1 unspecified atom stereocenters. The summed E-state index contributed by atoms with van der Waals surface area (Å²) in [7, 11) is 0. The lowest BCUT2D eigenvalue weighted by molar-refractivity contribution is -0.192. The zero-order valence-corrected chi connectivity index (χ0v) is 16.1. The van der Waals surface area contributed by atoms with E-state index in [2.05, 4.69) is 20.2 Å². The van der Waals surface area contributed by atoms with Crippen LogP contribution in [0.15, 0.2) is 18.5 Å². The Kier molecular flexibility index (Phi) is 5.53. The van der Waals surface area contributed by atoms with E-state index < -0.39 is 12.1 Å². The van der Waals surface area contributed by atoms with Crippen LogP contribution in [0.25, 0.3) is 5.65 Å². The Morgan fingerprint density at radius 1 is 1.30 bits per heavy atom. The second-order valence-corrected chi connectivity index (χ2v) is 7.91. The molecule has 4 heterocycles. The van der Waals surface area contributed by atoms with Crippen molar-refractivity contribution in [2.45, 2.75) is 43.6 Å². The van der Waals surface area contributed by atoms with Crippen LogP contribution in [0.5, 0.6) is 0 Å². The summed E-state index contributed by atoms with van der Waals surface area (Å²) in [4.78, 5) is 11.1. The minimum Gasteiger partial charge on any atom is -0.475 e. The molecule has 0 radical (unpaired) electrons. The number of aromatic nitrogens is 4. The van der Waals surface area contributed by atoms with Gasteiger partial charge in [0, 0.05) is 19.6 Å². The van der Waals surface area contributed by atoms with Gasteiger partial charge in [-0.2, -0.15) is 17.7 Å². The first kappa shape index (κ1) is 20.8. The second kappa shape index (κ2) is 7.99. The van der Waals surface area contributed by atoms with Crippen molar-refractivity contribution in [2.75, 3.05) is 31.2 Å². The largest absolute Gasteiger partial charge is 0.490 e. The summed E-state index contributed by atoms with van der Waals surface area (Å²) < 4.78 is 45.6. The van der Waals surface area contributed by atoms with Crippen molar-refractivity contribution in [3.05, 3.63) is 18.5 Å². The Morgan fingerprint density at radius 2 is 2.03 bits per heavy atom. The molecule has 1 N–H and O–H groups in total. The fourth-order valence-corrected chi connectivity index (χ4v) is 3.60. The molecular weight excluding hydrogens is 407 g/mol. The van der Waals surface area contributed by atoms with Crippen molar-refractivity contribution in [1.29, 1.82) is 0 Å². The average molecular weight is 429 g/mol. The van der Waals surface area contributed by atoms with E-state index in [-0.39, 0.29) is 5.60 Å². The molecule has 5 rings (SSSR count). The summed E-state index contributed by atoms with van der Waals surface area (Å²) in [5, 5.41) is 19.5. The highest BCUT2D eigenvalue weighted by atomic mass is 19.4. The third-order valence-electron chi connectivity index (χ3n) is 5.38. The lowest BCUT2D eigenvalue weighted by Crippen LogP contribution is -2.66. The molecule has 2 aromatic heterocycles. The van der Waals surface area contributed by atoms with E-state index in [9.17, 15) is 13.2 Å². The topological polar surface area (TPSA) is 102 Å². The minimum absolute atomic E-state index is 0.0453. The predicted molar refractivity (Wildman–Crippen MR) is 97.1 cm³/mol. The Balaban J connectivity index is 0.000000272. The van der Waals surface area contributed by atoms with Crippen molar-refractivity contribution >= 4 is 17.4 Å². The van der Waals surface area contributed by atoms with Gasteiger partial charge in [-0.25, -0.2) is 4.79 Å². The molecule has 1 atom stereocenters. The molecule has 2 saturated heterocycles. The molecule has 1 saturated carbocycles. The van der Waals surface area contributed by atoms with Gasteiger partial charge in [0.1, 0.15) is 17.7 Å². The first-order valence-corrected chi connectivity index (χ1v) is 9.72. The summed E-state index contributed by atoms with van der Waals surface area (Å²) in [6.45, 7) is 3.52. The maximum absolute atomic E-state index is 10.6. The van der Waals surface area contributed by atoms with E-state index in [0.717, 1.165) is 56.5 Å². The van der Waals surface area contributed by atoms with Gasteiger partial charge in [-0.3, -0.25) is 0 Å². The highest BCUT2D eigenvalue weighted by Gasteiger charge is 2.48. The molecule has 2 aromatic rings. The molecule has 0 aromatic carbocycles. The molecule has 9 nitrogen and oxygen atoms in total. The number of nitrogens with zero attached hydrogens (tertiary/aromatic N) is 5. The van der Waals surface area contributed by atoms with E-state index >= 15 is 0 Å². The van der Waals surface area contributed by atoms with E-state index in [4.69, 9.17) is 19.4 Å². The van der Waals surface area contributed by atoms with Crippen molar-refractivity contribution in [2.24, 2.45) is 5.92 Å². The highest BCUT2D eigenvalue weighted by molar-refractivity contribution is 5.73. The predicted octanol–water partition coefficient (Wildman–Crippen LogP) is 1.92. The molecule has 1 aliphatic carbocycles. The van der Waals surface area contributed by atoms with Gasteiger partial charge in [0.05, 0.1) is 19.2 Å². The summed E-state index contributed by atoms with van der Waals surface area (Å²) in [5.74, 6) is -0.980. The summed E-state index contributed by atoms with van der Waals surface area (Å²) in [5.41, 5.74) is 0.725. The molecule has 30 heavy (non-hydrogen) atoms. The molecule has 164 valence electrons. The van der Waals surface area contributed by atoms with Crippen LogP contribution in [0.2, 0.25) is 0 Å². The molecule has 2 aliphatic heterocycles. The lowest BCUT2D eigenvalue weighted by Gasteiger charge is -2.53. The van der Waals surface area contributed by atoms with Crippen LogP contribution < -0.4 is 4.90 Å². The van der Waals surface area contributed by atoms with Crippen LogP contribution >= 0.6 is 0 Å². The highest BCUT2D eigenvalue weighted by Crippen LogP contribution is 2.38. The molecule has 1 spiro atoms. The smallest absolute Gasteiger partial charge is 0.475 e. The number of alkyl halides is 3. The number of hydrogen-bond donors (Lipinski definition) is 1. The molecule has 0 bridgehead atoms.